The summed E-state index contributed by atoms with van der Waals surface area (Å²) in [5.41, 5.74) is 8.83. The van der Waals surface area contributed by atoms with Gasteiger partial charge in [-0.05, 0) is 121 Å². The lowest BCUT2D eigenvalue weighted by atomic mass is 10.00. The first-order chi connectivity index (χ1) is 25.8. The maximum Gasteiger partial charge on any atom is 0.335 e. The maximum absolute atomic E-state index is 12.1. The number of carbonyl (C=O) groups is 2. The molecule has 0 aliphatic heterocycles. The lowest BCUT2D eigenvalue weighted by Gasteiger charge is -2.26. The standard InChI is InChI=1S/C46H35NO4S2/c1-5-45(48)50-41-24-18-34(28-39(41)43-26-12-30(3)52-43)32-14-20-37(21-15-32)47(36-10-8-7-9-11-36)38-22-16-33(17-23-38)35-19-25-42(51-46(49)6-2)40(29-35)44-27-13-31(4)53-44/h5-29H,1-2H2,3-4H3. The summed E-state index contributed by atoms with van der Waals surface area (Å²) in [4.78, 5) is 30.8. The van der Waals surface area contributed by atoms with Gasteiger partial charge in [-0.1, -0.05) is 67.8 Å². The molecule has 0 saturated heterocycles. The number of benzene rings is 5. The Morgan fingerprint density at radius 2 is 0.906 bits per heavy atom. The van der Waals surface area contributed by atoms with Crippen molar-refractivity contribution < 1.29 is 19.1 Å². The van der Waals surface area contributed by atoms with Crippen LogP contribution < -0.4 is 14.4 Å². The molecular formula is C46H35NO4S2. The van der Waals surface area contributed by atoms with Crippen LogP contribution in [0.25, 0.3) is 43.1 Å². The Balaban J connectivity index is 1.21. The fraction of sp³-hybridized carbons (Fsp3) is 0.0435. The fourth-order valence-electron chi connectivity index (χ4n) is 6.07. The molecular weight excluding hydrogens is 695 g/mol. The van der Waals surface area contributed by atoms with Crippen molar-refractivity contribution in [3.8, 4) is 54.6 Å². The van der Waals surface area contributed by atoms with Crippen LogP contribution in [0.3, 0.4) is 0 Å². The second kappa shape index (κ2) is 15.5. The molecule has 5 aromatic carbocycles. The average molecular weight is 730 g/mol. The zero-order valence-corrected chi connectivity index (χ0v) is 30.9. The van der Waals surface area contributed by atoms with E-state index >= 15 is 0 Å². The zero-order chi connectivity index (χ0) is 36.9. The van der Waals surface area contributed by atoms with Crippen molar-refractivity contribution in [2.24, 2.45) is 0 Å². The number of carbonyl (C=O) groups excluding carboxylic acids is 2. The summed E-state index contributed by atoms with van der Waals surface area (Å²) < 4.78 is 11.2. The smallest absolute Gasteiger partial charge is 0.335 e. The van der Waals surface area contributed by atoms with Crippen molar-refractivity contribution in [3.05, 3.63) is 175 Å². The predicted molar refractivity (Wildman–Crippen MR) is 220 cm³/mol. The van der Waals surface area contributed by atoms with Crippen LogP contribution in [0.15, 0.2) is 165 Å². The van der Waals surface area contributed by atoms with Crippen molar-refractivity contribution in [1.82, 2.24) is 0 Å². The molecule has 0 fully saturated rings. The first-order valence-electron chi connectivity index (χ1n) is 17.0. The van der Waals surface area contributed by atoms with Crippen molar-refractivity contribution in [2.45, 2.75) is 13.8 Å². The maximum atomic E-state index is 12.1. The Labute approximate surface area is 317 Å². The van der Waals surface area contributed by atoms with E-state index in [9.17, 15) is 9.59 Å². The predicted octanol–water partition coefficient (Wildman–Crippen LogP) is 12.7. The molecule has 7 heteroatoms. The van der Waals surface area contributed by atoms with E-state index in [0.717, 1.165) is 60.2 Å². The molecule has 0 aliphatic rings. The summed E-state index contributed by atoms with van der Waals surface area (Å²) in [6, 6.07) is 47.2. The number of nitrogens with zero attached hydrogens (tertiary/aromatic N) is 1. The Kier molecular flexibility index (Phi) is 10.3. The number of rotatable bonds is 11. The number of esters is 2. The van der Waals surface area contributed by atoms with Gasteiger partial charge < -0.3 is 14.4 Å². The highest BCUT2D eigenvalue weighted by Gasteiger charge is 2.17. The molecule has 0 N–H and O–H groups in total. The van der Waals surface area contributed by atoms with E-state index in [4.69, 9.17) is 9.47 Å². The summed E-state index contributed by atoms with van der Waals surface area (Å²) in [5, 5.41) is 0. The summed E-state index contributed by atoms with van der Waals surface area (Å²) >= 11 is 3.31. The molecule has 0 atom stereocenters. The van der Waals surface area contributed by atoms with Gasteiger partial charge in [-0.2, -0.15) is 0 Å². The minimum absolute atomic E-state index is 0.492. The van der Waals surface area contributed by atoms with Crippen LogP contribution in [0.4, 0.5) is 17.1 Å². The number of aryl methyl sites for hydroxylation is 2. The van der Waals surface area contributed by atoms with E-state index in [-0.39, 0.29) is 0 Å². The zero-order valence-electron chi connectivity index (χ0n) is 29.2. The number of hydrogen-bond acceptors (Lipinski definition) is 7. The molecule has 260 valence electrons. The van der Waals surface area contributed by atoms with Gasteiger partial charge >= 0.3 is 11.9 Å². The highest BCUT2D eigenvalue weighted by Crippen LogP contribution is 2.42. The monoisotopic (exact) mass is 729 g/mol. The third-order valence-corrected chi connectivity index (χ3v) is 10.7. The van der Waals surface area contributed by atoms with Crippen molar-refractivity contribution in [3.63, 3.8) is 0 Å². The van der Waals surface area contributed by atoms with Gasteiger partial charge in [0.05, 0.1) is 0 Å². The highest BCUT2D eigenvalue weighted by atomic mass is 32.1. The topological polar surface area (TPSA) is 55.8 Å². The summed E-state index contributed by atoms with van der Waals surface area (Å²) in [7, 11) is 0. The molecule has 2 aromatic heterocycles. The minimum Gasteiger partial charge on any atom is -0.423 e. The molecule has 0 radical (unpaired) electrons. The van der Waals surface area contributed by atoms with E-state index in [1.165, 1.54) is 21.9 Å². The van der Waals surface area contributed by atoms with Gasteiger partial charge in [-0.15, -0.1) is 22.7 Å². The Morgan fingerprint density at radius 1 is 0.509 bits per heavy atom. The molecule has 0 amide bonds. The van der Waals surface area contributed by atoms with Gasteiger partial charge in [-0.3, -0.25) is 0 Å². The van der Waals surface area contributed by atoms with E-state index in [0.29, 0.717) is 11.5 Å². The number of hydrogen-bond donors (Lipinski definition) is 0. The number of para-hydroxylation sites is 1. The van der Waals surface area contributed by atoms with E-state index in [1.807, 2.05) is 42.5 Å². The van der Waals surface area contributed by atoms with E-state index < -0.39 is 11.9 Å². The number of anilines is 3. The Bertz CT molecular complexity index is 2290. The minimum atomic E-state index is -0.492. The fourth-order valence-corrected chi connectivity index (χ4v) is 7.85. The SMILES string of the molecule is C=CC(=O)Oc1ccc(-c2ccc(N(c3ccccc3)c3ccc(-c4ccc(OC(=O)C=C)c(-c5ccc(C)s5)c4)cc3)cc2)cc1-c1ccc(C)s1. The lowest BCUT2D eigenvalue weighted by Crippen LogP contribution is -2.09. The first-order valence-corrected chi connectivity index (χ1v) is 18.6. The van der Waals surface area contributed by atoms with Gasteiger partial charge in [0.25, 0.3) is 0 Å². The molecule has 5 nitrogen and oxygen atoms in total. The highest BCUT2D eigenvalue weighted by molar-refractivity contribution is 7.15. The Hall–Kier alpha value is -6.28. The normalized spacial score (nSPS) is 10.8. The quantitative estimate of drug-likeness (QED) is 0.0754. The molecule has 0 saturated carbocycles. The first kappa shape index (κ1) is 35.1. The molecule has 0 unspecified atom stereocenters. The summed E-state index contributed by atoms with van der Waals surface area (Å²) in [6.07, 6.45) is 2.35. The van der Waals surface area contributed by atoms with Crippen LogP contribution in [0.5, 0.6) is 11.5 Å². The van der Waals surface area contributed by atoms with Gasteiger partial charge in [0.15, 0.2) is 0 Å². The molecule has 7 rings (SSSR count). The molecule has 53 heavy (non-hydrogen) atoms. The van der Waals surface area contributed by atoms with Gasteiger partial charge in [0, 0.05) is 59.8 Å². The van der Waals surface area contributed by atoms with E-state index in [1.54, 1.807) is 22.7 Å². The van der Waals surface area contributed by atoms with Crippen LogP contribution in [0.1, 0.15) is 9.75 Å². The summed E-state index contributed by atoms with van der Waals surface area (Å²) in [6.45, 7) is 11.2. The third kappa shape index (κ3) is 7.82. The van der Waals surface area contributed by atoms with Crippen LogP contribution in [0, 0.1) is 13.8 Å². The van der Waals surface area contributed by atoms with E-state index in [2.05, 4.69) is 129 Å². The molecule has 0 spiro atoms. The van der Waals surface area contributed by atoms with Gasteiger partial charge in [0.1, 0.15) is 11.5 Å². The van der Waals surface area contributed by atoms with Crippen LogP contribution in [0.2, 0.25) is 0 Å². The Morgan fingerprint density at radius 3 is 1.28 bits per heavy atom. The largest absolute Gasteiger partial charge is 0.423 e. The molecule has 2 heterocycles. The molecule has 0 aliphatic carbocycles. The van der Waals surface area contributed by atoms with Crippen LogP contribution >= 0.6 is 22.7 Å². The van der Waals surface area contributed by atoms with Gasteiger partial charge in [-0.25, -0.2) is 9.59 Å². The van der Waals surface area contributed by atoms with Crippen LogP contribution in [-0.2, 0) is 9.59 Å². The summed E-state index contributed by atoms with van der Waals surface area (Å²) in [5.74, 6) is 0.0168. The third-order valence-electron chi connectivity index (χ3n) is 8.66. The van der Waals surface area contributed by atoms with Crippen molar-refractivity contribution >= 4 is 51.7 Å². The van der Waals surface area contributed by atoms with Gasteiger partial charge in [0.2, 0.25) is 0 Å². The second-order valence-corrected chi connectivity index (χ2v) is 14.8. The van der Waals surface area contributed by atoms with Crippen LogP contribution in [-0.4, -0.2) is 11.9 Å². The number of thiophene rings is 2. The second-order valence-electron chi connectivity index (χ2n) is 12.3. The van der Waals surface area contributed by atoms with Crippen molar-refractivity contribution in [2.75, 3.05) is 4.90 Å². The lowest BCUT2D eigenvalue weighted by molar-refractivity contribution is -0.129. The molecule has 7 aromatic rings. The molecule has 0 bridgehead atoms. The van der Waals surface area contributed by atoms with Crippen molar-refractivity contribution in [1.29, 1.82) is 0 Å². The number of ether oxygens (including phenoxy) is 2. The average Bonchev–Trinajstić information content (AvgIpc) is 3.84.